The Labute approximate surface area is 67.3 Å². The summed E-state index contributed by atoms with van der Waals surface area (Å²) in [7, 11) is -1.46. The van der Waals surface area contributed by atoms with Gasteiger partial charge in [-0.05, 0) is 0 Å². The summed E-state index contributed by atoms with van der Waals surface area (Å²) in [6, 6.07) is 0. The maximum Gasteiger partial charge on any atom is 0.296 e. The van der Waals surface area contributed by atoms with Gasteiger partial charge in [0.1, 0.15) is 4.46 Å². The van der Waals surface area contributed by atoms with Crippen LogP contribution in [0.2, 0.25) is 0 Å². The first-order valence-electron chi connectivity index (χ1n) is 2.08. The van der Waals surface area contributed by atoms with Gasteiger partial charge in [-0.25, -0.2) is 17.6 Å². The minimum absolute atomic E-state index is 1.43. The molecule has 60 valence electrons. The summed E-state index contributed by atoms with van der Waals surface area (Å²) in [5.74, 6) is 0. The van der Waals surface area contributed by atoms with Crippen LogP contribution >= 0.6 is 23.2 Å². The predicted molar refractivity (Wildman–Crippen MR) is 32.2 cm³/mol. The molecule has 0 aromatic heterocycles. The van der Waals surface area contributed by atoms with E-state index >= 15 is 0 Å². The summed E-state index contributed by atoms with van der Waals surface area (Å²) in [4.78, 5) is 0. The van der Waals surface area contributed by atoms with Crippen LogP contribution in [0.4, 0.5) is 17.6 Å². The summed E-state index contributed by atoms with van der Waals surface area (Å²) < 4.78 is 45.0. The van der Waals surface area contributed by atoms with Gasteiger partial charge in [-0.3, -0.25) is 0 Å². The van der Waals surface area contributed by atoms with Crippen LogP contribution < -0.4 is 0 Å². The van der Waals surface area contributed by atoms with Crippen LogP contribution in [0.15, 0.2) is 0 Å². The van der Waals surface area contributed by atoms with Gasteiger partial charge < -0.3 is 0 Å². The molecule has 0 rings (SSSR count). The van der Waals surface area contributed by atoms with E-state index in [9.17, 15) is 17.6 Å². The highest BCUT2D eigenvalue weighted by Crippen LogP contribution is 2.24. The molecule has 0 aliphatic heterocycles. The average Bonchev–Trinajstić information content (AvgIpc) is 1.60. The zero-order chi connectivity index (χ0) is 8.36. The molecule has 0 nitrogen and oxygen atoms in total. The maximum absolute atomic E-state index is 11.9. The zero-order valence-electron chi connectivity index (χ0n) is 4.42. The molecule has 0 spiro atoms. The van der Waals surface area contributed by atoms with Crippen LogP contribution in [0, 0.1) is 0 Å². The van der Waals surface area contributed by atoms with Crippen LogP contribution in [-0.2, 0) is 0 Å². The van der Waals surface area contributed by atoms with Crippen LogP contribution in [0.25, 0.3) is 0 Å². The molecule has 0 amide bonds. The molecule has 0 unspecified atom stereocenters. The van der Waals surface area contributed by atoms with Crippen molar-refractivity contribution in [1.82, 2.24) is 0 Å². The third-order valence-electron chi connectivity index (χ3n) is 0.576. The van der Waals surface area contributed by atoms with Gasteiger partial charge in [0.15, 0.2) is 9.52 Å². The minimum Gasteiger partial charge on any atom is -0.206 e. The molecule has 10 heavy (non-hydrogen) atoms. The van der Waals surface area contributed by atoms with Crippen molar-refractivity contribution in [1.29, 1.82) is 0 Å². The normalized spacial score (nSPS) is 13.2. The summed E-state index contributed by atoms with van der Waals surface area (Å²) in [5, 5.41) is 0. The van der Waals surface area contributed by atoms with Crippen LogP contribution in [0.3, 0.4) is 0 Å². The Hall–Kier alpha value is 0.517. The van der Waals surface area contributed by atoms with E-state index in [1.807, 2.05) is 0 Å². The topological polar surface area (TPSA) is 0 Å². The standard InChI is InChI=1S/C3H2Cl2F4Si/c4-2(5)10-3(8,9)1(6)7/h1-2H. The van der Waals surface area contributed by atoms with Gasteiger partial charge in [-0.15, -0.1) is 23.2 Å². The molecule has 0 saturated heterocycles. The summed E-state index contributed by atoms with van der Waals surface area (Å²) in [6.45, 7) is 0. The van der Waals surface area contributed by atoms with Gasteiger partial charge in [0.05, 0.1) is 0 Å². The molecule has 0 aliphatic rings. The SMILES string of the molecule is FC(F)C(F)(F)[Si]C(Cl)Cl. The first-order chi connectivity index (χ1) is 4.36. The van der Waals surface area contributed by atoms with Crippen LogP contribution in [-0.4, -0.2) is 26.0 Å². The first kappa shape index (κ1) is 10.5. The minimum atomic E-state index is -4.05. The van der Waals surface area contributed by atoms with Crippen molar-refractivity contribution in [2.75, 3.05) is 0 Å². The molecule has 0 bridgehead atoms. The van der Waals surface area contributed by atoms with Crippen molar-refractivity contribution in [3.05, 3.63) is 0 Å². The smallest absolute Gasteiger partial charge is 0.206 e. The third-order valence-corrected chi connectivity index (χ3v) is 2.05. The summed E-state index contributed by atoms with van der Waals surface area (Å²) in [5.41, 5.74) is -4.05. The van der Waals surface area contributed by atoms with Crippen molar-refractivity contribution in [3.63, 3.8) is 0 Å². The van der Waals surface area contributed by atoms with Gasteiger partial charge in [0.25, 0.3) is 12.0 Å². The largest absolute Gasteiger partial charge is 0.296 e. The second kappa shape index (κ2) is 3.78. The van der Waals surface area contributed by atoms with E-state index < -0.39 is 26.0 Å². The monoisotopic (exact) mass is 212 g/mol. The van der Waals surface area contributed by atoms with Gasteiger partial charge in [-0.1, -0.05) is 0 Å². The highest BCUT2D eigenvalue weighted by molar-refractivity contribution is 6.69. The Kier molecular flexibility index (Phi) is 3.97. The first-order valence-corrected chi connectivity index (χ1v) is 4.03. The van der Waals surface area contributed by atoms with Gasteiger partial charge in [0.2, 0.25) is 0 Å². The fourth-order valence-electron chi connectivity index (χ4n) is 0.208. The van der Waals surface area contributed by atoms with Crippen molar-refractivity contribution in [2.24, 2.45) is 0 Å². The molecule has 0 fully saturated rings. The molecule has 0 aliphatic carbocycles. The quantitative estimate of drug-likeness (QED) is 0.383. The van der Waals surface area contributed by atoms with Crippen LogP contribution in [0.5, 0.6) is 0 Å². The molecule has 0 atom stereocenters. The lowest BCUT2D eigenvalue weighted by Crippen LogP contribution is -2.37. The number of hydrogen-bond donors (Lipinski definition) is 0. The van der Waals surface area contributed by atoms with E-state index in [0.29, 0.717) is 0 Å². The number of hydrogen-bond acceptors (Lipinski definition) is 0. The Bertz CT molecular complexity index is 107. The van der Waals surface area contributed by atoms with Gasteiger partial charge >= 0.3 is 0 Å². The molecular formula is C3H2Cl2F4Si. The lowest BCUT2D eigenvalue weighted by atomic mass is 10.7. The van der Waals surface area contributed by atoms with E-state index in [-0.39, 0.29) is 0 Å². The lowest BCUT2D eigenvalue weighted by Gasteiger charge is -2.13. The number of halogens is 6. The maximum atomic E-state index is 11.9. The van der Waals surface area contributed by atoms with Crippen molar-refractivity contribution < 1.29 is 17.6 Å². The van der Waals surface area contributed by atoms with Crippen LogP contribution in [0.1, 0.15) is 0 Å². The molecule has 7 heteroatoms. The molecule has 0 saturated carbocycles. The predicted octanol–water partition coefficient (Wildman–Crippen LogP) is 2.31. The molecule has 2 radical (unpaired) electrons. The Morgan fingerprint density at radius 2 is 1.60 bits per heavy atom. The Morgan fingerprint density at radius 1 is 1.20 bits per heavy atom. The summed E-state index contributed by atoms with van der Waals surface area (Å²) >= 11 is 9.74. The van der Waals surface area contributed by atoms with Gasteiger partial charge in [0, 0.05) is 0 Å². The van der Waals surface area contributed by atoms with E-state index in [2.05, 4.69) is 0 Å². The number of alkyl halides is 6. The highest BCUT2D eigenvalue weighted by Gasteiger charge is 2.42. The molecule has 0 aromatic carbocycles. The Morgan fingerprint density at radius 3 is 1.70 bits per heavy atom. The molecule has 0 aromatic rings. The fraction of sp³-hybridized carbons (Fsp3) is 1.00. The Balaban J connectivity index is 3.87. The highest BCUT2D eigenvalue weighted by atomic mass is 35.5. The summed E-state index contributed by atoms with van der Waals surface area (Å²) in [6.07, 6.45) is -3.69. The zero-order valence-corrected chi connectivity index (χ0v) is 6.93. The molecule has 0 heterocycles. The van der Waals surface area contributed by atoms with Gasteiger partial charge in [-0.2, -0.15) is 0 Å². The van der Waals surface area contributed by atoms with E-state index in [1.165, 1.54) is 0 Å². The third kappa shape index (κ3) is 3.63. The second-order valence-electron chi connectivity index (χ2n) is 1.37. The van der Waals surface area contributed by atoms with Crippen molar-refractivity contribution in [3.8, 4) is 0 Å². The average molecular weight is 213 g/mol. The second-order valence-corrected chi connectivity index (χ2v) is 4.73. The van der Waals surface area contributed by atoms with Crippen molar-refractivity contribution >= 4 is 32.7 Å². The molecular weight excluding hydrogens is 211 g/mol. The number of rotatable bonds is 3. The van der Waals surface area contributed by atoms with E-state index in [4.69, 9.17) is 23.2 Å². The van der Waals surface area contributed by atoms with E-state index in [1.54, 1.807) is 0 Å². The fourth-order valence-corrected chi connectivity index (χ4v) is 1.50. The molecule has 0 N–H and O–H groups in total. The van der Waals surface area contributed by atoms with E-state index in [0.717, 1.165) is 0 Å². The van der Waals surface area contributed by atoms with Crippen molar-refractivity contribution in [2.45, 2.75) is 16.4 Å². The lowest BCUT2D eigenvalue weighted by molar-refractivity contribution is -0.0664.